The fraction of sp³-hybridized carbons (Fsp3) is 0.158. The summed E-state index contributed by atoms with van der Waals surface area (Å²) in [5.74, 6) is 0.550. The van der Waals surface area contributed by atoms with Gasteiger partial charge in [0.2, 0.25) is 0 Å². The minimum Gasteiger partial charge on any atom is -0.329 e. The molecule has 2 heterocycles. The topological polar surface area (TPSA) is 39.8 Å². The number of imidazole rings is 1. The van der Waals surface area contributed by atoms with Gasteiger partial charge in [-0.15, -0.1) is 11.6 Å². The second-order valence-corrected chi connectivity index (χ2v) is 6.39. The van der Waals surface area contributed by atoms with Crippen molar-refractivity contribution in [3.05, 3.63) is 70.3 Å². The molecule has 2 aromatic carbocycles. The molecule has 2 aromatic heterocycles. The van der Waals surface area contributed by atoms with Crippen LogP contribution in [0.1, 0.15) is 11.4 Å². The van der Waals surface area contributed by atoms with Crippen molar-refractivity contribution in [2.24, 2.45) is 7.05 Å². The number of nitrogens with zero attached hydrogens (tertiary/aromatic N) is 3. The molecule has 0 radical (unpaired) electrons. The quantitative estimate of drug-likeness (QED) is 0.467. The molecule has 0 aliphatic heterocycles. The summed E-state index contributed by atoms with van der Waals surface area (Å²) in [6.07, 6.45) is -4.52. The van der Waals surface area contributed by atoms with Gasteiger partial charge in [-0.1, -0.05) is 24.3 Å². The number of aryl methyl sites for hydroxylation is 1. The maximum absolute atomic E-state index is 13.3. The largest absolute Gasteiger partial charge is 0.416 e. The number of fused-ring (bicyclic) bond motifs is 3. The van der Waals surface area contributed by atoms with E-state index in [1.54, 1.807) is 41.9 Å². The predicted octanol–water partition coefficient (Wildman–Crippen LogP) is 4.64. The minimum atomic E-state index is -4.52. The highest BCUT2D eigenvalue weighted by Gasteiger charge is 2.31. The van der Waals surface area contributed by atoms with E-state index in [4.69, 9.17) is 11.6 Å². The molecule has 27 heavy (non-hydrogen) atoms. The monoisotopic (exact) mass is 391 g/mol. The Kier molecular flexibility index (Phi) is 3.99. The molecule has 0 aliphatic rings. The van der Waals surface area contributed by atoms with Crippen LogP contribution in [0, 0.1) is 0 Å². The Morgan fingerprint density at radius 3 is 2.44 bits per heavy atom. The first-order chi connectivity index (χ1) is 12.8. The van der Waals surface area contributed by atoms with Crippen LogP contribution >= 0.6 is 11.6 Å². The van der Waals surface area contributed by atoms with Crippen molar-refractivity contribution in [3.63, 3.8) is 0 Å². The van der Waals surface area contributed by atoms with Crippen molar-refractivity contribution in [1.29, 1.82) is 0 Å². The Labute approximate surface area is 156 Å². The molecule has 0 bridgehead atoms. The third-order valence-electron chi connectivity index (χ3n) is 4.55. The van der Waals surface area contributed by atoms with Gasteiger partial charge in [0.25, 0.3) is 5.56 Å². The van der Waals surface area contributed by atoms with E-state index >= 15 is 0 Å². The third kappa shape index (κ3) is 2.70. The van der Waals surface area contributed by atoms with Crippen molar-refractivity contribution in [3.8, 4) is 5.69 Å². The molecule has 4 rings (SSSR count). The highest BCUT2D eigenvalue weighted by atomic mass is 35.5. The van der Waals surface area contributed by atoms with E-state index in [1.165, 1.54) is 10.6 Å². The van der Waals surface area contributed by atoms with E-state index in [0.29, 0.717) is 22.4 Å². The van der Waals surface area contributed by atoms with Crippen LogP contribution in [-0.2, 0) is 19.1 Å². The lowest BCUT2D eigenvalue weighted by molar-refractivity contribution is -0.137. The van der Waals surface area contributed by atoms with Gasteiger partial charge < -0.3 is 4.57 Å². The molecule has 0 N–H and O–H groups in total. The number of rotatable bonds is 2. The lowest BCUT2D eigenvalue weighted by Gasteiger charge is -2.14. The summed E-state index contributed by atoms with van der Waals surface area (Å²) >= 11 is 5.91. The Bertz CT molecular complexity index is 1230. The number of hydrogen-bond acceptors (Lipinski definition) is 2. The van der Waals surface area contributed by atoms with Crippen LogP contribution in [0.2, 0.25) is 0 Å². The maximum atomic E-state index is 13.3. The fourth-order valence-corrected chi connectivity index (χ4v) is 3.50. The van der Waals surface area contributed by atoms with Gasteiger partial charge in [-0.05, 0) is 24.3 Å². The van der Waals surface area contributed by atoms with Crippen LogP contribution < -0.4 is 5.56 Å². The number of benzene rings is 2. The van der Waals surface area contributed by atoms with E-state index in [1.807, 2.05) is 0 Å². The molecular weight excluding hydrogens is 379 g/mol. The summed E-state index contributed by atoms with van der Waals surface area (Å²) < 4.78 is 42.7. The zero-order valence-electron chi connectivity index (χ0n) is 14.1. The SMILES string of the molecule is Cn1c(CCl)nc2c(=O)n(-c3ccccc3)c3cc(C(F)(F)F)ccc3c21. The van der Waals surface area contributed by atoms with Crippen molar-refractivity contribution >= 4 is 33.5 Å². The minimum absolute atomic E-state index is 0.0814. The van der Waals surface area contributed by atoms with Crippen molar-refractivity contribution in [1.82, 2.24) is 14.1 Å². The van der Waals surface area contributed by atoms with E-state index in [-0.39, 0.29) is 16.9 Å². The van der Waals surface area contributed by atoms with E-state index in [9.17, 15) is 18.0 Å². The van der Waals surface area contributed by atoms with Crippen molar-refractivity contribution < 1.29 is 13.2 Å². The standard InChI is InChI=1S/C19H13ClF3N3O/c1-25-15(10-20)24-16-17(25)13-8-7-11(19(21,22)23)9-14(13)26(18(16)27)12-5-3-2-4-6-12/h2-9H,10H2,1H3. The van der Waals surface area contributed by atoms with E-state index in [2.05, 4.69) is 4.98 Å². The molecular formula is C19H13ClF3N3O. The predicted molar refractivity (Wildman–Crippen MR) is 98.4 cm³/mol. The first-order valence-electron chi connectivity index (χ1n) is 8.05. The van der Waals surface area contributed by atoms with Crippen LogP contribution in [-0.4, -0.2) is 14.1 Å². The van der Waals surface area contributed by atoms with Gasteiger partial charge in [0.1, 0.15) is 5.82 Å². The lowest BCUT2D eigenvalue weighted by Crippen LogP contribution is -2.20. The van der Waals surface area contributed by atoms with Gasteiger partial charge in [0, 0.05) is 18.1 Å². The highest BCUT2D eigenvalue weighted by molar-refractivity contribution is 6.17. The average molecular weight is 392 g/mol. The summed E-state index contributed by atoms with van der Waals surface area (Å²) in [5.41, 5.74) is -0.0478. The fourth-order valence-electron chi connectivity index (χ4n) is 3.26. The highest BCUT2D eigenvalue weighted by Crippen LogP contribution is 2.33. The number of para-hydroxylation sites is 1. The van der Waals surface area contributed by atoms with E-state index < -0.39 is 17.3 Å². The smallest absolute Gasteiger partial charge is 0.329 e. The van der Waals surface area contributed by atoms with Crippen LogP contribution in [0.3, 0.4) is 0 Å². The van der Waals surface area contributed by atoms with Gasteiger partial charge in [-0.3, -0.25) is 9.36 Å². The molecule has 0 aliphatic carbocycles. The number of alkyl halides is 4. The zero-order valence-corrected chi connectivity index (χ0v) is 14.8. The first kappa shape index (κ1) is 17.6. The molecule has 0 amide bonds. The van der Waals surface area contributed by atoms with Crippen LogP contribution in [0.15, 0.2) is 53.3 Å². The summed E-state index contributed by atoms with van der Waals surface area (Å²) in [4.78, 5) is 17.5. The van der Waals surface area contributed by atoms with Crippen LogP contribution in [0.25, 0.3) is 27.6 Å². The molecule has 4 nitrogen and oxygen atoms in total. The molecule has 4 aromatic rings. The number of aromatic nitrogens is 3. The number of halogens is 4. The molecule has 0 atom stereocenters. The molecule has 0 saturated carbocycles. The second-order valence-electron chi connectivity index (χ2n) is 6.12. The Balaban J connectivity index is 2.24. The van der Waals surface area contributed by atoms with Crippen LogP contribution in [0.5, 0.6) is 0 Å². The molecule has 0 unspecified atom stereocenters. The first-order valence-corrected chi connectivity index (χ1v) is 8.59. The second kappa shape index (κ2) is 6.13. The zero-order chi connectivity index (χ0) is 19.3. The molecule has 0 fully saturated rings. The van der Waals surface area contributed by atoms with Gasteiger partial charge in [0.05, 0.1) is 22.5 Å². The summed E-state index contributed by atoms with van der Waals surface area (Å²) in [5, 5.41) is 0.493. The van der Waals surface area contributed by atoms with Gasteiger partial charge in [0.15, 0.2) is 5.52 Å². The molecule has 0 saturated heterocycles. The lowest BCUT2D eigenvalue weighted by atomic mass is 10.1. The number of pyridine rings is 1. The Hall–Kier alpha value is -2.80. The molecule has 8 heteroatoms. The number of hydrogen-bond donors (Lipinski definition) is 0. The maximum Gasteiger partial charge on any atom is 0.416 e. The van der Waals surface area contributed by atoms with Crippen molar-refractivity contribution in [2.75, 3.05) is 0 Å². The van der Waals surface area contributed by atoms with E-state index in [0.717, 1.165) is 12.1 Å². The van der Waals surface area contributed by atoms with Gasteiger partial charge >= 0.3 is 6.18 Å². The third-order valence-corrected chi connectivity index (χ3v) is 4.79. The van der Waals surface area contributed by atoms with Crippen LogP contribution in [0.4, 0.5) is 13.2 Å². The van der Waals surface area contributed by atoms with Gasteiger partial charge in [-0.2, -0.15) is 13.2 Å². The summed E-state index contributed by atoms with van der Waals surface area (Å²) in [7, 11) is 1.69. The molecule has 0 spiro atoms. The summed E-state index contributed by atoms with van der Waals surface area (Å²) in [6.45, 7) is 0. The van der Waals surface area contributed by atoms with Gasteiger partial charge in [-0.25, -0.2) is 4.98 Å². The average Bonchev–Trinajstić information content (AvgIpc) is 2.99. The van der Waals surface area contributed by atoms with Crippen molar-refractivity contribution in [2.45, 2.75) is 12.1 Å². The Morgan fingerprint density at radius 1 is 1.11 bits per heavy atom. The molecule has 138 valence electrons. The summed E-state index contributed by atoms with van der Waals surface area (Å²) in [6, 6.07) is 11.9. The normalized spacial score (nSPS) is 12.2. The Morgan fingerprint density at radius 2 is 1.81 bits per heavy atom.